The number of carbonyl (C=O) groups is 1. The molecule has 2 aromatic rings. The van der Waals surface area contributed by atoms with Gasteiger partial charge in [0.05, 0.1) is 12.7 Å². The average molecular weight is 285 g/mol. The molecule has 0 saturated heterocycles. The normalized spacial score (nSPS) is 11.3. The van der Waals surface area contributed by atoms with Crippen molar-refractivity contribution < 1.29 is 4.79 Å². The van der Waals surface area contributed by atoms with Gasteiger partial charge in [-0.2, -0.15) is 5.10 Å². The van der Waals surface area contributed by atoms with E-state index in [0.717, 1.165) is 17.7 Å². The second kappa shape index (κ2) is 6.68. The summed E-state index contributed by atoms with van der Waals surface area (Å²) in [6, 6.07) is 7.93. The Balaban J connectivity index is 1.94. The van der Waals surface area contributed by atoms with Gasteiger partial charge in [-0.05, 0) is 18.5 Å². The summed E-state index contributed by atoms with van der Waals surface area (Å²) in [5.41, 5.74) is 3.15. The van der Waals surface area contributed by atoms with Crippen LogP contribution in [0.3, 0.4) is 0 Å². The SMILES string of the molecule is CC(C)c1ccc(C(=O)CN(C)Cc2cnn(C)c2)cc1. The molecule has 0 aliphatic heterocycles. The highest BCUT2D eigenvalue weighted by molar-refractivity contribution is 5.97. The molecule has 0 N–H and O–H groups in total. The lowest BCUT2D eigenvalue weighted by atomic mass is 10.0. The number of carbonyl (C=O) groups excluding carboxylic acids is 1. The van der Waals surface area contributed by atoms with E-state index in [2.05, 4.69) is 18.9 Å². The minimum absolute atomic E-state index is 0.150. The number of aromatic nitrogens is 2. The smallest absolute Gasteiger partial charge is 0.176 e. The first-order valence-corrected chi connectivity index (χ1v) is 7.25. The fourth-order valence-electron chi connectivity index (χ4n) is 2.31. The van der Waals surface area contributed by atoms with Crippen molar-refractivity contribution in [3.05, 3.63) is 53.3 Å². The van der Waals surface area contributed by atoms with E-state index in [1.807, 2.05) is 55.7 Å². The van der Waals surface area contributed by atoms with E-state index in [1.165, 1.54) is 5.56 Å². The Morgan fingerprint density at radius 2 is 1.95 bits per heavy atom. The minimum atomic E-state index is 0.150. The predicted octanol–water partition coefficient (Wildman–Crippen LogP) is 2.86. The number of likely N-dealkylation sites (N-methyl/N-ethyl adjacent to an activating group) is 1. The summed E-state index contributed by atoms with van der Waals surface area (Å²) < 4.78 is 1.77. The van der Waals surface area contributed by atoms with Crippen molar-refractivity contribution in [3.63, 3.8) is 0 Å². The van der Waals surface area contributed by atoms with Crippen molar-refractivity contribution in [1.29, 1.82) is 0 Å². The van der Waals surface area contributed by atoms with Crippen LogP contribution in [0.5, 0.6) is 0 Å². The summed E-state index contributed by atoms with van der Waals surface area (Å²) in [7, 11) is 3.85. The molecule has 21 heavy (non-hydrogen) atoms. The average Bonchev–Trinajstić information content (AvgIpc) is 2.83. The zero-order chi connectivity index (χ0) is 15.4. The van der Waals surface area contributed by atoms with E-state index < -0.39 is 0 Å². The maximum atomic E-state index is 12.3. The maximum absolute atomic E-state index is 12.3. The molecular weight excluding hydrogens is 262 g/mol. The Bertz CT molecular complexity index is 599. The first-order chi connectivity index (χ1) is 9.95. The molecule has 4 heteroatoms. The van der Waals surface area contributed by atoms with Gasteiger partial charge in [-0.25, -0.2) is 0 Å². The molecular formula is C17H23N3O. The van der Waals surface area contributed by atoms with Crippen LogP contribution in [0, 0.1) is 0 Å². The van der Waals surface area contributed by atoms with Crippen molar-refractivity contribution in [2.45, 2.75) is 26.3 Å². The monoisotopic (exact) mass is 285 g/mol. The van der Waals surface area contributed by atoms with Crippen LogP contribution in [-0.2, 0) is 13.6 Å². The van der Waals surface area contributed by atoms with Crippen LogP contribution < -0.4 is 0 Å². The van der Waals surface area contributed by atoms with E-state index in [4.69, 9.17) is 0 Å². The molecule has 1 aromatic carbocycles. The van der Waals surface area contributed by atoms with E-state index in [1.54, 1.807) is 4.68 Å². The predicted molar refractivity (Wildman–Crippen MR) is 84.4 cm³/mol. The molecule has 0 fully saturated rings. The highest BCUT2D eigenvalue weighted by Crippen LogP contribution is 2.15. The third-order valence-corrected chi connectivity index (χ3v) is 3.52. The quantitative estimate of drug-likeness (QED) is 0.766. The lowest BCUT2D eigenvalue weighted by Gasteiger charge is -2.15. The van der Waals surface area contributed by atoms with E-state index >= 15 is 0 Å². The molecule has 0 radical (unpaired) electrons. The van der Waals surface area contributed by atoms with Crippen LogP contribution in [0.25, 0.3) is 0 Å². The van der Waals surface area contributed by atoms with Gasteiger partial charge in [0.25, 0.3) is 0 Å². The molecule has 1 aromatic heterocycles. The van der Waals surface area contributed by atoms with E-state index in [0.29, 0.717) is 12.5 Å². The Kier molecular flexibility index (Phi) is 4.91. The number of Topliss-reactive ketones (excluding diaryl/α,β-unsaturated/α-hetero) is 1. The van der Waals surface area contributed by atoms with Crippen LogP contribution in [0.2, 0.25) is 0 Å². The molecule has 0 atom stereocenters. The summed E-state index contributed by atoms with van der Waals surface area (Å²) in [5, 5.41) is 4.14. The summed E-state index contributed by atoms with van der Waals surface area (Å²) in [5.74, 6) is 0.638. The molecule has 1 heterocycles. The second-order valence-electron chi connectivity index (χ2n) is 5.89. The largest absolute Gasteiger partial charge is 0.294 e. The third-order valence-electron chi connectivity index (χ3n) is 3.52. The molecule has 0 amide bonds. The van der Waals surface area contributed by atoms with Crippen LogP contribution in [0.1, 0.15) is 41.3 Å². The van der Waals surface area contributed by atoms with Crippen LogP contribution in [0.15, 0.2) is 36.7 Å². The number of aryl methyl sites for hydroxylation is 1. The Hall–Kier alpha value is -1.94. The van der Waals surface area contributed by atoms with Crippen molar-refractivity contribution in [2.24, 2.45) is 7.05 Å². The highest BCUT2D eigenvalue weighted by atomic mass is 16.1. The molecule has 0 bridgehead atoms. The molecule has 0 aliphatic rings. The molecule has 0 unspecified atom stereocenters. The maximum Gasteiger partial charge on any atom is 0.176 e. The number of hydrogen-bond donors (Lipinski definition) is 0. The third kappa shape index (κ3) is 4.26. The molecule has 0 aliphatic carbocycles. The van der Waals surface area contributed by atoms with Gasteiger partial charge in [0.15, 0.2) is 5.78 Å². The molecule has 4 nitrogen and oxygen atoms in total. The van der Waals surface area contributed by atoms with Crippen molar-refractivity contribution >= 4 is 5.78 Å². The number of hydrogen-bond acceptors (Lipinski definition) is 3. The number of benzene rings is 1. The topological polar surface area (TPSA) is 38.1 Å². The number of ketones is 1. The summed E-state index contributed by atoms with van der Waals surface area (Å²) >= 11 is 0. The Morgan fingerprint density at radius 3 is 2.48 bits per heavy atom. The second-order valence-corrected chi connectivity index (χ2v) is 5.89. The Morgan fingerprint density at radius 1 is 1.29 bits per heavy atom. The first kappa shape index (κ1) is 15.4. The fourth-order valence-corrected chi connectivity index (χ4v) is 2.31. The van der Waals surface area contributed by atoms with Gasteiger partial charge >= 0.3 is 0 Å². The van der Waals surface area contributed by atoms with Crippen LogP contribution >= 0.6 is 0 Å². The van der Waals surface area contributed by atoms with Crippen molar-refractivity contribution in [1.82, 2.24) is 14.7 Å². The standard InChI is InChI=1S/C17H23N3O/c1-13(2)15-5-7-16(8-6-15)17(21)12-19(3)10-14-9-18-20(4)11-14/h5-9,11,13H,10,12H2,1-4H3. The van der Waals surface area contributed by atoms with Gasteiger partial charge in [-0.3, -0.25) is 14.4 Å². The molecule has 112 valence electrons. The fraction of sp³-hybridized carbons (Fsp3) is 0.412. The summed E-state index contributed by atoms with van der Waals surface area (Å²) in [4.78, 5) is 14.3. The van der Waals surface area contributed by atoms with Gasteiger partial charge in [-0.1, -0.05) is 38.1 Å². The van der Waals surface area contributed by atoms with E-state index in [-0.39, 0.29) is 5.78 Å². The first-order valence-electron chi connectivity index (χ1n) is 7.25. The molecule has 0 spiro atoms. The van der Waals surface area contributed by atoms with Gasteiger partial charge in [0.1, 0.15) is 0 Å². The van der Waals surface area contributed by atoms with Crippen LogP contribution in [-0.4, -0.2) is 34.1 Å². The highest BCUT2D eigenvalue weighted by Gasteiger charge is 2.11. The molecule has 0 saturated carbocycles. The summed E-state index contributed by atoms with van der Waals surface area (Å²) in [6.07, 6.45) is 3.80. The van der Waals surface area contributed by atoms with Crippen molar-refractivity contribution in [2.75, 3.05) is 13.6 Å². The van der Waals surface area contributed by atoms with Gasteiger partial charge in [0.2, 0.25) is 0 Å². The van der Waals surface area contributed by atoms with Gasteiger partial charge < -0.3 is 0 Å². The Labute approximate surface area is 126 Å². The summed E-state index contributed by atoms with van der Waals surface area (Å²) in [6.45, 7) is 5.44. The zero-order valence-corrected chi connectivity index (χ0v) is 13.2. The van der Waals surface area contributed by atoms with Gasteiger partial charge in [0, 0.05) is 30.9 Å². The lowest BCUT2D eigenvalue weighted by molar-refractivity contribution is 0.0943. The van der Waals surface area contributed by atoms with Crippen LogP contribution in [0.4, 0.5) is 0 Å². The van der Waals surface area contributed by atoms with Gasteiger partial charge in [-0.15, -0.1) is 0 Å². The lowest BCUT2D eigenvalue weighted by Crippen LogP contribution is -2.25. The number of nitrogens with zero attached hydrogens (tertiary/aromatic N) is 3. The zero-order valence-electron chi connectivity index (χ0n) is 13.2. The molecule has 2 rings (SSSR count). The van der Waals surface area contributed by atoms with Crippen molar-refractivity contribution in [3.8, 4) is 0 Å². The minimum Gasteiger partial charge on any atom is -0.294 e. The number of rotatable bonds is 6. The van der Waals surface area contributed by atoms with E-state index in [9.17, 15) is 4.79 Å².